The van der Waals surface area contributed by atoms with Crippen LogP contribution in [-0.2, 0) is 16.8 Å². The van der Waals surface area contributed by atoms with E-state index in [2.05, 4.69) is 43.6 Å². The fourth-order valence-electron chi connectivity index (χ4n) is 6.26. The van der Waals surface area contributed by atoms with E-state index in [0.717, 1.165) is 41.7 Å². The fraction of sp³-hybridized carbons (Fsp3) is 0.400. The average Bonchev–Trinajstić information content (AvgIpc) is 3.15. The summed E-state index contributed by atoms with van der Waals surface area (Å²) in [5.74, 6) is 0.107. The number of likely N-dealkylation sites (tertiary alicyclic amines) is 1. The van der Waals surface area contributed by atoms with Gasteiger partial charge < -0.3 is 15.0 Å². The number of carbonyl (C=O) groups excluding carboxylic acids is 1. The summed E-state index contributed by atoms with van der Waals surface area (Å²) in [4.78, 5) is 33.5. The summed E-state index contributed by atoms with van der Waals surface area (Å²) in [6, 6.07) is 15.7. The highest BCUT2D eigenvalue weighted by Gasteiger charge is 2.37. The van der Waals surface area contributed by atoms with Crippen LogP contribution < -0.4 is 0 Å². The number of piperidine rings is 1. The van der Waals surface area contributed by atoms with E-state index in [1.165, 1.54) is 12.6 Å². The van der Waals surface area contributed by atoms with Crippen LogP contribution in [0.25, 0.3) is 16.5 Å². The second-order valence-corrected chi connectivity index (χ2v) is 11.4. The zero-order valence-electron chi connectivity index (χ0n) is 21.5. The summed E-state index contributed by atoms with van der Waals surface area (Å²) in [6.45, 7) is 12.1. The number of benzene rings is 2. The van der Waals surface area contributed by atoms with Crippen molar-refractivity contribution in [1.82, 2.24) is 14.8 Å². The van der Waals surface area contributed by atoms with Crippen molar-refractivity contribution in [3.63, 3.8) is 0 Å². The normalized spacial score (nSPS) is 22.1. The second kappa shape index (κ2) is 9.25. The number of aliphatic carboxylic acids is 1. The van der Waals surface area contributed by atoms with Gasteiger partial charge in [0.1, 0.15) is 0 Å². The molecule has 2 aliphatic rings. The lowest BCUT2D eigenvalue weighted by Crippen LogP contribution is -2.38. The van der Waals surface area contributed by atoms with Crippen LogP contribution in [0.1, 0.15) is 61.3 Å². The van der Waals surface area contributed by atoms with Gasteiger partial charge in [-0.15, -0.1) is 0 Å². The Morgan fingerprint density at radius 2 is 1.78 bits per heavy atom. The van der Waals surface area contributed by atoms with E-state index in [-0.39, 0.29) is 11.5 Å². The molecule has 1 aromatic heterocycles. The lowest BCUT2D eigenvalue weighted by molar-refractivity contribution is -0.130. The number of aromatic amines is 1. The molecule has 0 saturated carbocycles. The number of carboxylic acid groups (broad SMARTS) is 1. The third-order valence-electron chi connectivity index (χ3n) is 7.52. The van der Waals surface area contributed by atoms with Gasteiger partial charge in [-0.3, -0.25) is 9.69 Å². The lowest BCUT2D eigenvalue weighted by atomic mass is 9.81. The Morgan fingerprint density at radius 3 is 2.50 bits per heavy atom. The molecule has 0 bridgehead atoms. The largest absolute Gasteiger partial charge is 0.478 e. The number of nitrogens with one attached hydrogen (secondary N) is 1. The number of carbonyl (C=O) groups is 2. The van der Waals surface area contributed by atoms with Gasteiger partial charge in [-0.05, 0) is 47.6 Å². The maximum absolute atomic E-state index is 13.8. The standard InChI is InChI=1S/C30H35N3O3/c1-19-12-20(2)15-32(14-19)16-21-8-7-9-22(13-21)28(34)33-17-24(29(35)36)27-26(30(3,4)18-33)23-10-5-6-11-25(23)31-27/h5-11,13,17,19-20,31H,12,14-16,18H2,1-4H3,(H,35,36). The quantitative estimate of drug-likeness (QED) is 0.511. The van der Waals surface area contributed by atoms with Crippen molar-refractivity contribution in [2.24, 2.45) is 11.8 Å². The molecule has 2 aliphatic heterocycles. The van der Waals surface area contributed by atoms with E-state index in [1.54, 1.807) is 4.90 Å². The zero-order chi connectivity index (χ0) is 25.6. The molecule has 2 unspecified atom stereocenters. The van der Waals surface area contributed by atoms with Gasteiger partial charge in [-0.25, -0.2) is 4.79 Å². The smallest absolute Gasteiger partial charge is 0.339 e. The van der Waals surface area contributed by atoms with Crippen LogP contribution in [0.4, 0.5) is 0 Å². The molecule has 1 saturated heterocycles. The van der Waals surface area contributed by atoms with Crippen molar-refractivity contribution >= 4 is 28.4 Å². The van der Waals surface area contributed by atoms with Crippen LogP contribution in [0, 0.1) is 11.8 Å². The van der Waals surface area contributed by atoms with Crippen molar-refractivity contribution in [3.8, 4) is 0 Å². The first-order valence-electron chi connectivity index (χ1n) is 12.8. The van der Waals surface area contributed by atoms with Crippen molar-refractivity contribution in [1.29, 1.82) is 0 Å². The summed E-state index contributed by atoms with van der Waals surface area (Å²) in [5.41, 5.74) is 3.74. The van der Waals surface area contributed by atoms with Crippen molar-refractivity contribution in [2.45, 2.75) is 46.1 Å². The van der Waals surface area contributed by atoms with Crippen molar-refractivity contribution in [2.75, 3.05) is 19.6 Å². The lowest BCUT2D eigenvalue weighted by Gasteiger charge is -2.35. The maximum atomic E-state index is 13.8. The summed E-state index contributed by atoms with van der Waals surface area (Å²) < 4.78 is 0. The Labute approximate surface area is 212 Å². The molecule has 0 spiro atoms. The minimum atomic E-state index is -1.06. The molecule has 2 N–H and O–H groups in total. The molecule has 3 heterocycles. The SMILES string of the molecule is CC1CC(C)CN(Cc2cccc(C(=O)N3C=C(C(=O)O)c4[nH]c5ccccc5c4C(C)(C)C3)c2)C1. The predicted molar refractivity (Wildman–Crippen MR) is 143 cm³/mol. The van der Waals surface area contributed by atoms with Gasteiger partial charge in [-0.2, -0.15) is 0 Å². The molecule has 0 aliphatic carbocycles. The Bertz CT molecular complexity index is 1340. The van der Waals surface area contributed by atoms with Crippen LogP contribution in [0.2, 0.25) is 0 Å². The van der Waals surface area contributed by atoms with Crippen molar-refractivity contribution in [3.05, 3.63) is 77.1 Å². The number of hydrogen-bond acceptors (Lipinski definition) is 3. The summed E-state index contributed by atoms with van der Waals surface area (Å²) in [6.07, 6.45) is 2.77. The van der Waals surface area contributed by atoms with Gasteiger partial charge in [0.2, 0.25) is 0 Å². The molecule has 2 atom stereocenters. The zero-order valence-corrected chi connectivity index (χ0v) is 21.5. The van der Waals surface area contributed by atoms with Gasteiger partial charge in [0.15, 0.2) is 0 Å². The molecule has 6 nitrogen and oxygen atoms in total. The van der Waals surface area contributed by atoms with Crippen LogP contribution in [0.3, 0.4) is 0 Å². The predicted octanol–water partition coefficient (Wildman–Crippen LogP) is 5.50. The highest BCUT2D eigenvalue weighted by atomic mass is 16.4. The minimum Gasteiger partial charge on any atom is -0.478 e. The van der Waals surface area contributed by atoms with Crippen LogP contribution in [0.15, 0.2) is 54.7 Å². The number of aromatic nitrogens is 1. The van der Waals surface area contributed by atoms with E-state index < -0.39 is 11.4 Å². The number of para-hydroxylation sites is 1. The van der Waals surface area contributed by atoms with Gasteiger partial charge >= 0.3 is 5.97 Å². The number of amides is 1. The molecular weight excluding hydrogens is 450 g/mol. The van der Waals surface area contributed by atoms with Crippen LogP contribution in [-0.4, -0.2) is 51.4 Å². The number of carboxylic acids is 1. The van der Waals surface area contributed by atoms with Gasteiger partial charge in [0.05, 0.1) is 11.3 Å². The van der Waals surface area contributed by atoms with E-state index in [1.807, 2.05) is 42.5 Å². The second-order valence-electron chi connectivity index (χ2n) is 11.4. The number of fused-ring (bicyclic) bond motifs is 3. The number of nitrogens with zero attached hydrogens (tertiary/aromatic N) is 2. The molecule has 0 radical (unpaired) electrons. The molecule has 3 aromatic rings. The highest BCUT2D eigenvalue weighted by molar-refractivity contribution is 6.17. The van der Waals surface area contributed by atoms with Crippen molar-refractivity contribution < 1.29 is 14.7 Å². The summed E-state index contributed by atoms with van der Waals surface area (Å²) in [7, 11) is 0. The fourth-order valence-corrected chi connectivity index (χ4v) is 6.26. The third kappa shape index (κ3) is 4.58. The molecule has 1 fully saturated rings. The summed E-state index contributed by atoms with van der Waals surface area (Å²) in [5, 5.41) is 11.1. The molecule has 188 valence electrons. The Kier molecular flexibility index (Phi) is 6.25. The maximum Gasteiger partial charge on any atom is 0.339 e. The van der Waals surface area contributed by atoms with E-state index >= 15 is 0 Å². The first-order chi connectivity index (χ1) is 17.1. The first kappa shape index (κ1) is 24.3. The topological polar surface area (TPSA) is 76.6 Å². The Hall–Kier alpha value is -3.38. The highest BCUT2D eigenvalue weighted by Crippen LogP contribution is 2.40. The Morgan fingerprint density at radius 1 is 1.06 bits per heavy atom. The van der Waals surface area contributed by atoms with Crippen LogP contribution in [0.5, 0.6) is 0 Å². The number of H-pyrrole nitrogens is 1. The first-order valence-corrected chi connectivity index (χ1v) is 12.8. The average molecular weight is 486 g/mol. The monoisotopic (exact) mass is 485 g/mol. The van der Waals surface area contributed by atoms with E-state index in [9.17, 15) is 14.7 Å². The molecular formula is C30H35N3O3. The Balaban J connectivity index is 1.47. The number of hydrogen-bond donors (Lipinski definition) is 2. The molecule has 5 rings (SSSR count). The molecule has 2 aromatic carbocycles. The van der Waals surface area contributed by atoms with Crippen LogP contribution >= 0.6 is 0 Å². The molecule has 6 heteroatoms. The number of rotatable bonds is 4. The molecule has 1 amide bonds. The van der Waals surface area contributed by atoms with Gasteiger partial charge in [0.25, 0.3) is 5.91 Å². The summed E-state index contributed by atoms with van der Waals surface area (Å²) >= 11 is 0. The minimum absolute atomic E-state index is 0.104. The third-order valence-corrected chi connectivity index (χ3v) is 7.52. The van der Waals surface area contributed by atoms with E-state index in [0.29, 0.717) is 29.6 Å². The van der Waals surface area contributed by atoms with E-state index in [4.69, 9.17) is 0 Å². The molecule has 36 heavy (non-hydrogen) atoms. The van der Waals surface area contributed by atoms with Gasteiger partial charge in [-0.1, -0.05) is 58.0 Å². The van der Waals surface area contributed by atoms with Gasteiger partial charge in [0, 0.05) is 54.3 Å².